The average Bonchev–Trinajstić information content (AvgIpc) is 2.61. The van der Waals surface area contributed by atoms with Crippen LogP contribution < -0.4 is 11.1 Å². The molecule has 9 heteroatoms. The largest absolute Gasteiger partial charge is 0.390 e. The van der Waals surface area contributed by atoms with E-state index in [1.165, 1.54) is 30.6 Å². The number of aromatic nitrogens is 2. The van der Waals surface area contributed by atoms with Crippen LogP contribution in [0.3, 0.4) is 0 Å². The normalized spacial score (nSPS) is 12.6. The summed E-state index contributed by atoms with van der Waals surface area (Å²) in [4.78, 5) is 28.5. The molecule has 1 unspecified atom stereocenters. The predicted molar refractivity (Wildman–Crippen MR) is 94.9 cm³/mol. The van der Waals surface area contributed by atoms with Crippen LogP contribution >= 0.6 is 11.6 Å². The van der Waals surface area contributed by atoms with Crippen molar-refractivity contribution in [3.8, 4) is 6.07 Å². The van der Waals surface area contributed by atoms with Crippen LogP contribution in [0.15, 0.2) is 46.6 Å². The Morgan fingerprint density at radius 3 is 2.76 bits per heavy atom. The fraction of sp³-hybridized carbons (Fsp3) is 0.125. The van der Waals surface area contributed by atoms with Gasteiger partial charge in [0.05, 0.1) is 24.0 Å². The molecule has 3 N–H and O–H groups in total. The lowest BCUT2D eigenvalue weighted by Crippen LogP contribution is -2.38. The van der Waals surface area contributed by atoms with Crippen molar-refractivity contribution in [1.82, 2.24) is 15.3 Å². The first kappa shape index (κ1) is 18.0. The fourth-order valence-electron chi connectivity index (χ4n) is 1.90. The minimum Gasteiger partial charge on any atom is -0.390 e. The van der Waals surface area contributed by atoms with Gasteiger partial charge in [-0.15, -0.1) is 0 Å². The van der Waals surface area contributed by atoms with E-state index in [0.29, 0.717) is 5.02 Å². The Labute approximate surface area is 149 Å². The van der Waals surface area contributed by atoms with E-state index in [2.05, 4.69) is 25.3 Å². The summed E-state index contributed by atoms with van der Waals surface area (Å²) in [5.41, 5.74) is 5.88. The highest BCUT2D eigenvalue weighted by atomic mass is 35.5. The molecule has 1 aromatic carbocycles. The van der Waals surface area contributed by atoms with Crippen molar-refractivity contribution in [2.45, 2.75) is 13.0 Å². The Kier molecular flexibility index (Phi) is 6.14. The SMILES string of the molecule is CC(NC(=O)c1cc(Cl)cc(C#N)c1)C(N=CN)=Nc1ncccn1. The number of carbonyl (C=O) groups excluding carboxylic acids is 1. The number of rotatable bonds is 4. The molecule has 1 atom stereocenters. The molecular formula is C16H14ClN7O. The van der Waals surface area contributed by atoms with Crippen LogP contribution in [0.25, 0.3) is 0 Å². The maximum Gasteiger partial charge on any atom is 0.251 e. The lowest BCUT2D eigenvalue weighted by Gasteiger charge is -2.13. The summed E-state index contributed by atoms with van der Waals surface area (Å²) < 4.78 is 0. The number of nitriles is 1. The molecule has 0 aliphatic rings. The molecule has 0 fully saturated rings. The standard InChI is InChI=1S/C16H14ClN7O/c1-10(14(22-9-19)24-16-20-3-2-4-21-16)23-15(25)12-5-11(8-18)6-13(17)7-12/h2-7,9-10H,1H3,(H,23,25)(H2,19,20,21,22,24). The molecule has 0 radical (unpaired) electrons. The van der Waals surface area contributed by atoms with Crippen LogP contribution in [0.4, 0.5) is 5.95 Å². The number of hydrogen-bond acceptors (Lipinski definition) is 5. The summed E-state index contributed by atoms with van der Waals surface area (Å²) in [6.45, 7) is 1.68. The Balaban J connectivity index is 2.22. The van der Waals surface area contributed by atoms with Crippen LogP contribution in [0, 0.1) is 11.3 Å². The number of nitrogens with one attached hydrogen (secondary N) is 1. The van der Waals surface area contributed by atoms with Crippen molar-refractivity contribution in [1.29, 1.82) is 5.26 Å². The summed E-state index contributed by atoms with van der Waals surface area (Å²) in [5, 5.41) is 12.0. The first-order valence-corrected chi connectivity index (χ1v) is 7.52. The first-order chi connectivity index (χ1) is 12.0. The van der Waals surface area contributed by atoms with Crippen molar-refractivity contribution in [3.63, 3.8) is 0 Å². The van der Waals surface area contributed by atoms with Gasteiger partial charge >= 0.3 is 0 Å². The van der Waals surface area contributed by atoms with Gasteiger partial charge in [0.25, 0.3) is 11.9 Å². The van der Waals surface area contributed by atoms with E-state index in [1.807, 2.05) is 6.07 Å². The average molecular weight is 356 g/mol. The fourth-order valence-corrected chi connectivity index (χ4v) is 2.13. The van der Waals surface area contributed by atoms with Gasteiger partial charge in [-0.05, 0) is 31.2 Å². The van der Waals surface area contributed by atoms with E-state index < -0.39 is 11.9 Å². The second kappa shape index (κ2) is 8.52. The zero-order chi connectivity index (χ0) is 18.2. The van der Waals surface area contributed by atoms with Crippen LogP contribution in [-0.2, 0) is 0 Å². The molecule has 0 aliphatic carbocycles. The van der Waals surface area contributed by atoms with E-state index in [4.69, 9.17) is 22.6 Å². The monoisotopic (exact) mass is 355 g/mol. The lowest BCUT2D eigenvalue weighted by atomic mass is 10.1. The minimum absolute atomic E-state index is 0.193. The molecule has 2 aromatic rings. The van der Waals surface area contributed by atoms with Gasteiger partial charge in [-0.1, -0.05) is 11.6 Å². The van der Waals surface area contributed by atoms with E-state index in [1.54, 1.807) is 13.0 Å². The van der Waals surface area contributed by atoms with Crippen molar-refractivity contribution in [2.75, 3.05) is 0 Å². The molecule has 0 saturated heterocycles. The second-order valence-electron chi connectivity index (χ2n) is 4.83. The van der Waals surface area contributed by atoms with Crippen molar-refractivity contribution < 1.29 is 4.79 Å². The molecule has 1 aromatic heterocycles. The number of amidine groups is 1. The number of benzene rings is 1. The van der Waals surface area contributed by atoms with Crippen molar-refractivity contribution >= 4 is 35.6 Å². The van der Waals surface area contributed by atoms with Crippen LogP contribution in [0.5, 0.6) is 0 Å². The number of nitrogens with zero attached hydrogens (tertiary/aromatic N) is 5. The third-order valence-corrected chi connectivity index (χ3v) is 3.22. The molecule has 2 rings (SSSR count). The smallest absolute Gasteiger partial charge is 0.251 e. The van der Waals surface area contributed by atoms with Gasteiger partial charge in [0, 0.05) is 23.0 Å². The predicted octanol–water partition coefficient (Wildman–Crippen LogP) is 1.84. The summed E-state index contributed by atoms with van der Waals surface area (Å²) in [6.07, 6.45) is 4.14. The number of nitrogens with two attached hydrogens (primary N) is 1. The lowest BCUT2D eigenvalue weighted by molar-refractivity contribution is 0.0949. The van der Waals surface area contributed by atoms with Gasteiger partial charge in [-0.3, -0.25) is 4.79 Å². The molecule has 1 heterocycles. The third kappa shape index (κ3) is 5.09. The van der Waals surface area contributed by atoms with Crippen LogP contribution in [0.2, 0.25) is 5.02 Å². The number of amides is 1. The molecule has 0 bridgehead atoms. The van der Waals surface area contributed by atoms with E-state index in [0.717, 1.165) is 6.34 Å². The van der Waals surface area contributed by atoms with Crippen LogP contribution in [-0.4, -0.2) is 34.1 Å². The molecule has 1 amide bonds. The maximum atomic E-state index is 12.4. The molecule has 126 valence electrons. The van der Waals surface area contributed by atoms with Gasteiger partial charge in [0.1, 0.15) is 0 Å². The molecular weight excluding hydrogens is 342 g/mol. The quantitative estimate of drug-likeness (QED) is 0.638. The zero-order valence-electron chi connectivity index (χ0n) is 13.2. The minimum atomic E-state index is -0.583. The number of aliphatic imine (C=N–C) groups is 2. The van der Waals surface area contributed by atoms with E-state index >= 15 is 0 Å². The first-order valence-electron chi connectivity index (χ1n) is 7.15. The zero-order valence-corrected chi connectivity index (χ0v) is 14.0. The Morgan fingerprint density at radius 1 is 1.40 bits per heavy atom. The molecule has 0 spiro atoms. The molecule has 0 aliphatic heterocycles. The number of halogens is 1. The summed E-state index contributed by atoms with van der Waals surface area (Å²) >= 11 is 5.92. The molecule has 0 saturated carbocycles. The molecule has 8 nitrogen and oxygen atoms in total. The van der Waals surface area contributed by atoms with Gasteiger partial charge in [-0.2, -0.15) is 10.3 Å². The Morgan fingerprint density at radius 2 is 2.12 bits per heavy atom. The van der Waals surface area contributed by atoms with Gasteiger partial charge in [0.15, 0.2) is 5.84 Å². The topological polar surface area (TPSA) is 129 Å². The van der Waals surface area contributed by atoms with Crippen LogP contribution in [0.1, 0.15) is 22.8 Å². The highest BCUT2D eigenvalue weighted by Gasteiger charge is 2.16. The number of carbonyl (C=O) groups is 1. The Bertz CT molecular complexity index is 859. The third-order valence-electron chi connectivity index (χ3n) is 3.00. The summed E-state index contributed by atoms with van der Waals surface area (Å²) in [6, 6.07) is 7.40. The van der Waals surface area contributed by atoms with E-state index in [9.17, 15) is 4.79 Å². The Hall–Kier alpha value is -3.31. The highest BCUT2D eigenvalue weighted by molar-refractivity contribution is 6.31. The highest BCUT2D eigenvalue weighted by Crippen LogP contribution is 2.15. The molecule has 25 heavy (non-hydrogen) atoms. The van der Waals surface area contributed by atoms with E-state index in [-0.39, 0.29) is 22.9 Å². The van der Waals surface area contributed by atoms with Crippen molar-refractivity contribution in [2.24, 2.45) is 15.7 Å². The second-order valence-corrected chi connectivity index (χ2v) is 5.27. The summed E-state index contributed by atoms with van der Waals surface area (Å²) in [7, 11) is 0. The van der Waals surface area contributed by atoms with Crippen molar-refractivity contribution in [3.05, 3.63) is 52.8 Å². The van der Waals surface area contributed by atoms with Gasteiger partial charge in [0.2, 0.25) is 0 Å². The van der Waals surface area contributed by atoms with Gasteiger partial charge < -0.3 is 11.1 Å². The maximum absolute atomic E-state index is 12.4. The summed E-state index contributed by atoms with van der Waals surface area (Å²) in [5.74, 6) is -0.0105. The van der Waals surface area contributed by atoms with Gasteiger partial charge in [-0.25, -0.2) is 15.0 Å². The number of hydrogen-bond donors (Lipinski definition) is 2.